The molecule has 1 fully saturated rings. The quantitative estimate of drug-likeness (QED) is 0.881. The van der Waals surface area contributed by atoms with Crippen molar-refractivity contribution in [1.82, 2.24) is 0 Å². The van der Waals surface area contributed by atoms with Crippen molar-refractivity contribution in [1.29, 1.82) is 0 Å². The molecule has 1 aliphatic carbocycles. The van der Waals surface area contributed by atoms with E-state index in [0.29, 0.717) is 17.9 Å². The zero-order chi connectivity index (χ0) is 13.1. The molecule has 0 amide bonds. The van der Waals surface area contributed by atoms with Crippen LogP contribution in [-0.2, 0) is 6.42 Å². The van der Waals surface area contributed by atoms with E-state index in [2.05, 4.69) is 22.9 Å². The molecule has 0 saturated heterocycles. The molecule has 3 unspecified atom stereocenters. The standard InChI is InChI=1S/C15H20BrFO/c1-2-10-3-6-15(18)12(7-10)8-11-9-13(16)4-5-14(11)17/h4-5,9-10,12,15,18H,2-3,6-8H2,1H3. The van der Waals surface area contributed by atoms with Crippen LogP contribution in [0.15, 0.2) is 22.7 Å². The maximum atomic E-state index is 13.7. The van der Waals surface area contributed by atoms with Gasteiger partial charge in [0.25, 0.3) is 0 Å². The SMILES string of the molecule is CCC1CCC(O)C(Cc2cc(Br)ccc2F)C1. The van der Waals surface area contributed by atoms with Crippen molar-refractivity contribution in [3.8, 4) is 0 Å². The Morgan fingerprint density at radius 2 is 2.17 bits per heavy atom. The molecular formula is C15H20BrFO. The lowest BCUT2D eigenvalue weighted by atomic mass is 9.76. The molecule has 1 aliphatic rings. The normalized spacial score (nSPS) is 28.3. The maximum absolute atomic E-state index is 13.7. The van der Waals surface area contributed by atoms with Gasteiger partial charge in [0.15, 0.2) is 0 Å². The summed E-state index contributed by atoms with van der Waals surface area (Å²) < 4.78 is 14.6. The van der Waals surface area contributed by atoms with Gasteiger partial charge in [-0.25, -0.2) is 4.39 Å². The van der Waals surface area contributed by atoms with Gasteiger partial charge in [0.1, 0.15) is 5.82 Å². The van der Waals surface area contributed by atoms with Crippen LogP contribution in [0, 0.1) is 17.7 Å². The van der Waals surface area contributed by atoms with Gasteiger partial charge in [-0.3, -0.25) is 0 Å². The van der Waals surface area contributed by atoms with Crippen LogP contribution in [0.25, 0.3) is 0 Å². The van der Waals surface area contributed by atoms with E-state index in [1.807, 2.05) is 6.07 Å². The third kappa shape index (κ3) is 3.33. The van der Waals surface area contributed by atoms with Crippen LogP contribution in [0.5, 0.6) is 0 Å². The van der Waals surface area contributed by atoms with Crippen molar-refractivity contribution in [3.05, 3.63) is 34.1 Å². The second-order valence-corrected chi connectivity index (χ2v) is 6.27. The third-order valence-corrected chi connectivity index (χ3v) is 4.61. The van der Waals surface area contributed by atoms with Gasteiger partial charge < -0.3 is 5.11 Å². The van der Waals surface area contributed by atoms with Gasteiger partial charge >= 0.3 is 0 Å². The molecule has 100 valence electrons. The van der Waals surface area contributed by atoms with Crippen LogP contribution in [0.3, 0.4) is 0 Å². The Hall–Kier alpha value is -0.410. The molecule has 1 aromatic rings. The summed E-state index contributed by atoms with van der Waals surface area (Å²) in [5, 5.41) is 10.1. The molecule has 0 aromatic heterocycles. The lowest BCUT2D eigenvalue weighted by molar-refractivity contribution is 0.0471. The number of hydrogen-bond donors (Lipinski definition) is 1. The highest BCUT2D eigenvalue weighted by Gasteiger charge is 2.28. The summed E-state index contributed by atoms with van der Waals surface area (Å²) in [4.78, 5) is 0. The van der Waals surface area contributed by atoms with E-state index >= 15 is 0 Å². The molecule has 1 N–H and O–H groups in total. The Labute approximate surface area is 117 Å². The molecule has 18 heavy (non-hydrogen) atoms. The Bertz CT molecular complexity index is 407. The molecule has 0 radical (unpaired) electrons. The van der Waals surface area contributed by atoms with Crippen molar-refractivity contribution in [3.63, 3.8) is 0 Å². The minimum absolute atomic E-state index is 0.163. The van der Waals surface area contributed by atoms with Crippen LogP contribution in [0.1, 0.15) is 38.2 Å². The average molecular weight is 315 g/mol. The Morgan fingerprint density at radius 3 is 2.89 bits per heavy atom. The summed E-state index contributed by atoms with van der Waals surface area (Å²) >= 11 is 3.37. The van der Waals surface area contributed by atoms with Crippen molar-refractivity contribution in [2.75, 3.05) is 0 Å². The van der Waals surface area contributed by atoms with E-state index in [1.54, 1.807) is 6.07 Å². The number of benzene rings is 1. The van der Waals surface area contributed by atoms with E-state index in [1.165, 1.54) is 6.07 Å². The van der Waals surface area contributed by atoms with E-state index in [4.69, 9.17) is 0 Å². The van der Waals surface area contributed by atoms with Crippen molar-refractivity contribution < 1.29 is 9.50 Å². The van der Waals surface area contributed by atoms with E-state index in [-0.39, 0.29) is 17.8 Å². The van der Waals surface area contributed by atoms with Crippen molar-refractivity contribution in [2.45, 2.75) is 45.1 Å². The first-order valence-corrected chi connectivity index (χ1v) is 7.51. The number of aliphatic hydroxyl groups excluding tert-OH is 1. The molecule has 0 heterocycles. The molecule has 0 bridgehead atoms. The Kier molecular flexibility index (Phi) is 4.79. The summed E-state index contributed by atoms with van der Waals surface area (Å²) in [6, 6.07) is 5.04. The predicted octanol–water partition coefficient (Wildman–Crippen LogP) is 4.32. The highest BCUT2D eigenvalue weighted by Crippen LogP contribution is 2.34. The number of rotatable bonds is 3. The molecule has 1 saturated carbocycles. The van der Waals surface area contributed by atoms with Gasteiger partial charge in [-0.05, 0) is 61.3 Å². The minimum Gasteiger partial charge on any atom is -0.393 e. The van der Waals surface area contributed by atoms with E-state index < -0.39 is 0 Å². The number of halogens is 2. The van der Waals surface area contributed by atoms with Crippen LogP contribution in [0.4, 0.5) is 4.39 Å². The second kappa shape index (κ2) is 6.16. The Balaban J connectivity index is 2.09. The van der Waals surface area contributed by atoms with Crippen LogP contribution < -0.4 is 0 Å². The van der Waals surface area contributed by atoms with Crippen LogP contribution in [-0.4, -0.2) is 11.2 Å². The third-order valence-electron chi connectivity index (χ3n) is 4.12. The van der Waals surface area contributed by atoms with Gasteiger partial charge in [-0.1, -0.05) is 29.3 Å². The largest absolute Gasteiger partial charge is 0.393 e. The predicted molar refractivity (Wildman–Crippen MR) is 74.9 cm³/mol. The topological polar surface area (TPSA) is 20.2 Å². The molecule has 0 aliphatic heterocycles. The molecular weight excluding hydrogens is 295 g/mol. The lowest BCUT2D eigenvalue weighted by Crippen LogP contribution is -2.30. The zero-order valence-electron chi connectivity index (χ0n) is 10.7. The molecule has 1 aromatic carbocycles. The fraction of sp³-hybridized carbons (Fsp3) is 0.600. The highest BCUT2D eigenvalue weighted by molar-refractivity contribution is 9.10. The van der Waals surface area contributed by atoms with E-state index in [9.17, 15) is 9.50 Å². The zero-order valence-corrected chi connectivity index (χ0v) is 12.3. The number of aliphatic hydroxyl groups is 1. The smallest absolute Gasteiger partial charge is 0.126 e. The molecule has 3 heteroatoms. The molecule has 2 rings (SSSR count). The second-order valence-electron chi connectivity index (χ2n) is 5.35. The van der Waals surface area contributed by atoms with Gasteiger partial charge in [0, 0.05) is 4.47 Å². The first kappa shape index (κ1) is 14.0. The van der Waals surface area contributed by atoms with Gasteiger partial charge in [0.05, 0.1) is 6.10 Å². The monoisotopic (exact) mass is 314 g/mol. The van der Waals surface area contributed by atoms with Gasteiger partial charge in [-0.2, -0.15) is 0 Å². The molecule has 0 spiro atoms. The summed E-state index contributed by atoms with van der Waals surface area (Å²) in [6.45, 7) is 2.19. The van der Waals surface area contributed by atoms with Crippen molar-refractivity contribution in [2.24, 2.45) is 11.8 Å². The fourth-order valence-corrected chi connectivity index (χ4v) is 3.33. The first-order chi connectivity index (χ1) is 8.60. The Morgan fingerprint density at radius 1 is 1.39 bits per heavy atom. The highest BCUT2D eigenvalue weighted by atomic mass is 79.9. The minimum atomic E-state index is -0.272. The summed E-state index contributed by atoms with van der Waals surface area (Å²) in [5.41, 5.74) is 0.713. The van der Waals surface area contributed by atoms with Gasteiger partial charge in [-0.15, -0.1) is 0 Å². The number of hydrogen-bond acceptors (Lipinski definition) is 1. The maximum Gasteiger partial charge on any atom is 0.126 e. The van der Waals surface area contributed by atoms with E-state index in [0.717, 1.165) is 30.2 Å². The fourth-order valence-electron chi connectivity index (χ4n) is 2.92. The summed E-state index contributed by atoms with van der Waals surface area (Å²) in [7, 11) is 0. The molecule has 1 nitrogen and oxygen atoms in total. The van der Waals surface area contributed by atoms with Crippen LogP contribution >= 0.6 is 15.9 Å². The average Bonchev–Trinajstić information content (AvgIpc) is 2.36. The first-order valence-electron chi connectivity index (χ1n) is 6.72. The van der Waals surface area contributed by atoms with Gasteiger partial charge in [0.2, 0.25) is 0 Å². The van der Waals surface area contributed by atoms with Crippen molar-refractivity contribution >= 4 is 15.9 Å². The summed E-state index contributed by atoms with van der Waals surface area (Å²) in [5.74, 6) is 0.727. The lowest BCUT2D eigenvalue weighted by Gasteiger charge is -2.33. The van der Waals surface area contributed by atoms with Crippen LogP contribution in [0.2, 0.25) is 0 Å². The summed E-state index contributed by atoms with van der Waals surface area (Å²) in [6.07, 6.45) is 4.51. The molecule has 3 atom stereocenters.